The van der Waals surface area contributed by atoms with Crippen LogP contribution >= 0.6 is 23.8 Å². The quantitative estimate of drug-likeness (QED) is 0.197. The van der Waals surface area contributed by atoms with Crippen molar-refractivity contribution in [1.29, 1.82) is 0 Å². The third-order valence-corrected chi connectivity index (χ3v) is 8.23. The molecule has 1 atom stereocenters. The largest absolute Gasteiger partial charge is 0.496 e. The fourth-order valence-corrected chi connectivity index (χ4v) is 5.71. The number of methoxy groups -OCH3 is 4. The molecule has 46 heavy (non-hydrogen) atoms. The van der Waals surface area contributed by atoms with E-state index in [4.69, 9.17) is 48.5 Å². The molecule has 0 radical (unpaired) electrons. The van der Waals surface area contributed by atoms with Gasteiger partial charge in [0.1, 0.15) is 23.0 Å². The van der Waals surface area contributed by atoms with Crippen LogP contribution in [-0.2, 0) is 24.3 Å². The fraction of sp³-hybridized carbons (Fsp3) is 0.312. The van der Waals surface area contributed by atoms with E-state index in [0.29, 0.717) is 49.7 Å². The lowest BCUT2D eigenvalue weighted by molar-refractivity contribution is -0.131. The molecule has 0 aromatic heterocycles. The standard InChI is InChI=1S/C32H35ClN4O8S/c1-42-22-12-27(44-3)24(28(13-22)45-4)16-36-15-20(10-19-11-21(33)6-8-26(19)43-2)30(38)37(17-29(36)46)32(41)35-14-18-5-7-23(31(39)40)25(34)9-18/h5-9,11-13,20H,10,14-17,34H2,1-4H3,(H,35,41)(H,39,40)/t20-/m1/s1. The Labute approximate surface area is 276 Å². The number of carboxylic acids is 1. The van der Waals surface area contributed by atoms with Crippen molar-refractivity contribution in [3.05, 3.63) is 75.8 Å². The number of nitrogen functional groups attached to an aromatic ring is 1. The summed E-state index contributed by atoms with van der Waals surface area (Å²) in [5, 5.41) is 12.5. The highest BCUT2D eigenvalue weighted by atomic mass is 35.5. The third kappa shape index (κ3) is 7.72. The number of halogens is 1. The van der Waals surface area contributed by atoms with Gasteiger partial charge in [-0.25, -0.2) is 9.59 Å². The summed E-state index contributed by atoms with van der Waals surface area (Å²) in [6.45, 7) is 0.221. The van der Waals surface area contributed by atoms with Gasteiger partial charge in [0.2, 0.25) is 5.91 Å². The predicted octanol–water partition coefficient (Wildman–Crippen LogP) is 4.40. The number of aromatic carboxylic acids is 1. The van der Waals surface area contributed by atoms with Crippen LogP contribution in [0.2, 0.25) is 5.02 Å². The Kier molecular flexibility index (Phi) is 11.1. The second kappa shape index (κ2) is 15.0. The second-order valence-electron chi connectivity index (χ2n) is 10.5. The first-order chi connectivity index (χ1) is 22.0. The number of nitrogens with one attached hydrogen (secondary N) is 1. The maximum Gasteiger partial charge on any atom is 0.337 e. The number of imide groups is 1. The molecular formula is C32H35ClN4O8S. The van der Waals surface area contributed by atoms with Gasteiger partial charge in [0.05, 0.1) is 63.6 Å². The highest BCUT2D eigenvalue weighted by molar-refractivity contribution is 7.80. The Hall–Kier alpha value is -4.75. The monoisotopic (exact) mass is 670 g/mol. The van der Waals surface area contributed by atoms with E-state index in [1.165, 1.54) is 40.6 Å². The lowest BCUT2D eigenvalue weighted by Crippen LogP contribution is -2.47. The van der Waals surface area contributed by atoms with Gasteiger partial charge in [-0.2, -0.15) is 0 Å². The number of carbonyl (C=O) groups excluding carboxylic acids is 2. The summed E-state index contributed by atoms with van der Waals surface area (Å²) in [5.41, 5.74) is 7.80. The van der Waals surface area contributed by atoms with Gasteiger partial charge in [0, 0.05) is 35.9 Å². The first-order valence-electron chi connectivity index (χ1n) is 14.1. The van der Waals surface area contributed by atoms with Gasteiger partial charge in [-0.3, -0.25) is 9.69 Å². The van der Waals surface area contributed by atoms with Crippen molar-refractivity contribution in [2.24, 2.45) is 5.92 Å². The smallest absolute Gasteiger partial charge is 0.337 e. The van der Waals surface area contributed by atoms with Gasteiger partial charge >= 0.3 is 12.0 Å². The number of anilines is 1. The van der Waals surface area contributed by atoms with E-state index < -0.39 is 23.8 Å². The number of amides is 3. The van der Waals surface area contributed by atoms with Crippen LogP contribution in [0.4, 0.5) is 10.5 Å². The number of nitrogens with zero attached hydrogens (tertiary/aromatic N) is 2. The molecule has 3 aromatic carbocycles. The third-order valence-electron chi connectivity index (χ3n) is 7.61. The van der Waals surface area contributed by atoms with Crippen LogP contribution in [0.15, 0.2) is 48.5 Å². The minimum absolute atomic E-state index is 0.00375. The summed E-state index contributed by atoms with van der Waals surface area (Å²) < 4.78 is 22.2. The second-order valence-corrected chi connectivity index (χ2v) is 11.4. The molecule has 3 amide bonds. The topological polar surface area (TPSA) is 153 Å². The zero-order valence-corrected chi connectivity index (χ0v) is 27.4. The number of hydrogen-bond donors (Lipinski definition) is 3. The molecule has 1 aliphatic rings. The lowest BCUT2D eigenvalue weighted by atomic mass is 9.96. The summed E-state index contributed by atoms with van der Waals surface area (Å²) in [5.74, 6) is -0.242. The molecule has 1 aliphatic heterocycles. The van der Waals surface area contributed by atoms with E-state index in [1.807, 2.05) is 4.90 Å². The van der Waals surface area contributed by atoms with E-state index in [1.54, 1.807) is 36.4 Å². The summed E-state index contributed by atoms with van der Waals surface area (Å²) in [7, 11) is 6.13. The molecule has 0 spiro atoms. The van der Waals surface area contributed by atoms with Crippen LogP contribution < -0.4 is 30.0 Å². The van der Waals surface area contributed by atoms with Crippen LogP contribution in [0.25, 0.3) is 0 Å². The van der Waals surface area contributed by atoms with Gasteiger partial charge in [0.25, 0.3) is 0 Å². The molecule has 0 aliphatic carbocycles. The summed E-state index contributed by atoms with van der Waals surface area (Å²) in [6, 6.07) is 12.3. The van der Waals surface area contributed by atoms with Crippen molar-refractivity contribution >= 4 is 52.4 Å². The molecule has 244 valence electrons. The van der Waals surface area contributed by atoms with Gasteiger partial charge in [-0.15, -0.1) is 0 Å². The molecule has 0 unspecified atom stereocenters. The summed E-state index contributed by atoms with van der Waals surface area (Å²) in [4.78, 5) is 42.2. The summed E-state index contributed by atoms with van der Waals surface area (Å²) in [6.07, 6.45) is 0.204. The van der Waals surface area contributed by atoms with Crippen LogP contribution in [0.3, 0.4) is 0 Å². The van der Waals surface area contributed by atoms with Crippen molar-refractivity contribution < 1.29 is 38.4 Å². The Morgan fingerprint density at radius 2 is 1.67 bits per heavy atom. The fourth-order valence-electron chi connectivity index (χ4n) is 5.24. The molecule has 1 fully saturated rings. The SMILES string of the molecule is COc1cc(OC)c(CN2C[C@@H](Cc3cc(Cl)ccc3OC)C(=O)N(C(=O)NCc3ccc(C(=O)O)c(N)c3)CC2=S)c(OC)c1. The van der Waals surface area contributed by atoms with E-state index >= 15 is 0 Å². The van der Waals surface area contributed by atoms with Crippen molar-refractivity contribution in [2.75, 3.05) is 47.3 Å². The van der Waals surface area contributed by atoms with Gasteiger partial charge in [0.15, 0.2) is 0 Å². The van der Waals surface area contributed by atoms with E-state index in [0.717, 1.165) is 4.90 Å². The Bertz CT molecular complexity index is 1630. The number of hydrogen-bond acceptors (Lipinski definition) is 9. The van der Waals surface area contributed by atoms with E-state index in [-0.39, 0.29) is 43.9 Å². The highest BCUT2D eigenvalue weighted by Gasteiger charge is 2.37. The van der Waals surface area contributed by atoms with Crippen LogP contribution in [0, 0.1) is 5.92 Å². The molecule has 0 saturated carbocycles. The predicted molar refractivity (Wildman–Crippen MR) is 176 cm³/mol. The average Bonchev–Trinajstić information content (AvgIpc) is 3.15. The highest BCUT2D eigenvalue weighted by Crippen LogP contribution is 2.36. The molecule has 14 heteroatoms. The maximum atomic E-state index is 14.1. The number of ether oxygens (including phenoxy) is 4. The number of rotatable bonds is 11. The Balaban J connectivity index is 1.66. The molecule has 4 N–H and O–H groups in total. The molecule has 0 bridgehead atoms. The molecule has 3 aromatic rings. The normalized spacial score (nSPS) is 14.8. The molecule has 4 rings (SSSR count). The zero-order valence-electron chi connectivity index (χ0n) is 25.8. The van der Waals surface area contributed by atoms with Crippen LogP contribution in [-0.4, -0.2) is 79.3 Å². The Morgan fingerprint density at radius 3 is 2.26 bits per heavy atom. The molecule has 12 nitrogen and oxygen atoms in total. The number of carboxylic acid groups (broad SMARTS) is 1. The molecule has 1 saturated heterocycles. The number of urea groups is 1. The number of benzene rings is 3. The summed E-state index contributed by atoms with van der Waals surface area (Å²) >= 11 is 12.1. The van der Waals surface area contributed by atoms with E-state index in [2.05, 4.69) is 5.32 Å². The lowest BCUT2D eigenvalue weighted by Gasteiger charge is -2.27. The van der Waals surface area contributed by atoms with E-state index in [9.17, 15) is 19.5 Å². The number of nitrogens with two attached hydrogens (primary N) is 1. The first kappa shape index (κ1) is 34.1. The maximum absolute atomic E-state index is 14.1. The van der Waals surface area contributed by atoms with Crippen molar-refractivity contribution in [2.45, 2.75) is 19.5 Å². The average molecular weight is 671 g/mol. The number of thiocarbonyl (C=S) groups is 1. The molecular weight excluding hydrogens is 636 g/mol. The zero-order chi connectivity index (χ0) is 33.5. The van der Waals surface area contributed by atoms with Crippen molar-refractivity contribution in [3.8, 4) is 23.0 Å². The van der Waals surface area contributed by atoms with Crippen LogP contribution in [0.1, 0.15) is 27.0 Å². The van der Waals surface area contributed by atoms with Gasteiger partial charge < -0.3 is 40.0 Å². The Morgan fingerprint density at radius 1 is 1.00 bits per heavy atom. The minimum Gasteiger partial charge on any atom is -0.496 e. The van der Waals surface area contributed by atoms with Gasteiger partial charge in [-0.1, -0.05) is 29.9 Å². The molecule has 1 heterocycles. The van der Waals surface area contributed by atoms with Crippen molar-refractivity contribution in [3.63, 3.8) is 0 Å². The number of carbonyl (C=O) groups is 3. The van der Waals surface area contributed by atoms with Gasteiger partial charge in [-0.05, 0) is 47.9 Å². The van der Waals surface area contributed by atoms with Crippen LogP contribution in [0.5, 0.6) is 23.0 Å². The van der Waals surface area contributed by atoms with Crippen molar-refractivity contribution in [1.82, 2.24) is 15.1 Å². The first-order valence-corrected chi connectivity index (χ1v) is 14.9. The minimum atomic E-state index is -1.16.